The first kappa shape index (κ1) is 22.9. The quantitative estimate of drug-likeness (QED) is 0.706. The molecule has 0 aliphatic carbocycles. The van der Waals surface area contributed by atoms with Gasteiger partial charge in [0.15, 0.2) is 0 Å². The summed E-state index contributed by atoms with van der Waals surface area (Å²) < 4.78 is 32.7. The van der Waals surface area contributed by atoms with Gasteiger partial charge in [-0.25, -0.2) is 8.42 Å². The van der Waals surface area contributed by atoms with Gasteiger partial charge in [0.2, 0.25) is 10.0 Å². The molecule has 0 spiro atoms. The standard InChI is InChI=1S/C22H27N3O5S/c1-3-24(4-2)22(27)17-8-7-9-18(16-17)23-21(26)19-10-5-6-11-20(19)31(28,29)25-12-14-30-15-13-25/h5-11,16H,3-4,12-15H2,1-2H3,(H,23,26). The van der Waals surface area contributed by atoms with Gasteiger partial charge in [0.05, 0.1) is 23.7 Å². The second kappa shape index (κ2) is 10.0. The van der Waals surface area contributed by atoms with Crippen molar-refractivity contribution in [3.8, 4) is 0 Å². The molecule has 2 aromatic rings. The van der Waals surface area contributed by atoms with Gasteiger partial charge in [-0.1, -0.05) is 18.2 Å². The van der Waals surface area contributed by atoms with Crippen molar-refractivity contribution in [1.82, 2.24) is 9.21 Å². The van der Waals surface area contributed by atoms with Crippen molar-refractivity contribution in [3.63, 3.8) is 0 Å². The lowest BCUT2D eigenvalue weighted by Gasteiger charge is -2.26. The number of amides is 2. The lowest BCUT2D eigenvalue weighted by atomic mass is 10.1. The number of hydrogen-bond acceptors (Lipinski definition) is 5. The van der Waals surface area contributed by atoms with Crippen LogP contribution in [0.3, 0.4) is 0 Å². The molecule has 2 aromatic carbocycles. The van der Waals surface area contributed by atoms with Crippen molar-refractivity contribution < 1.29 is 22.7 Å². The SMILES string of the molecule is CCN(CC)C(=O)c1cccc(NC(=O)c2ccccc2S(=O)(=O)N2CCOCC2)c1. The highest BCUT2D eigenvalue weighted by Gasteiger charge is 2.30. The fourth-order valence-corrected chi connectivity index (χ4v) is 5.02. The summed E-state index contributed by atoms with van der Waals surface area (Å²) in [5.41, 5.74) is 0.923. The van der Waals surface area contributed by atoms with Gasteiger partial charge < -0.3 is 15.0 Å². The maximum Gasteiger partial charge on any atom is 0.257 e. The van der Waals surface area contributed by atoms with Crippen molar-refractivity contribution in [2.24, 2.45) is 0 Å². The number of nitrogens with zero attached hydrogens (tertiary/aromatic N) is 2. The first-order chi connectivity index (χ1) is 14.9. The van der Waals surface area contributed by atoms with E-state index >= 15 is 0 Å². The van der Waals surface area contributed by atoms with Crippen LogP contribution >= 0.6 is 0 Å². The van der Waals surface area contributed by atoms with Crippen LogP contribution in [-0.2, 0) is 14.8 Å². The Hall–Kier alpha value is -2.75. The minimum atomic E-state index is -3.84. The number of anilines is 1. The maximum atomic E-state index is 13.1. The Kier molecular flexibility index (Phi) is 7.42. The van der Waals surface area contributed by atoms with Gasteiger partial charge in [0, 0.05) is 37.4 Å². The highest BCUT2D eigenvalue weighted by molar-refractivity contribution is 7.89. The Labute approximate surface area is 182 Å². The van der Waals surface area contributed by atoms with Gasteiger partial charge >= 0.3 is 0 Å². The number of ether oxygens (including phenoxy) is 1. The maximum absolute atomic E-state index is 13.1. The molecule has 1 N–H and O–H groups in total. The zero-order chi connectivity index (χ0) is 22.4. The van der Waals surface area contributed by atoms with Crippen LogP contribution in [0.5, 0.6) is 0 Å². The van der Waals surface area contributed by atoms with E-state index in [2.05, 4.69) is 5.32 Å². The third-order valence-corrected chi connectivity index (χ3v) is 7.09. The van der Waals surface area contributed by atoms with Crippen LogP contribution in [0.15, 0.2) is 53.4 Å². The van der Waals surface area contributed by atoms with Crippen LogP contribution in [0.4, 0.5) is 5.69 Å². The van der Waals surface area contributed by atoms with E-state index in [1.165, 1.54) is 16.4 Å². The molecule has 0 saturated carbocycles. The molecular weight excluding hydrogens is 418 g/mol. The molecule has 0 unspecified atom stereocenters. The lowest BCUT2D eigenvalue weighted by Crippen LogP contribution is -2.41. The van der Waals surface area contributed by atoms with E-state index in [-0.39, 0.29) is 29.5 Å². The summed E-state index contributed by atoms with van der Waals surface area (Å²) in [5, 5.41) is 2.73. The van der Waals surface area contributed by atoms with Crippen LogP contribution < -0.4 is 5.32 Å². The molecule has 0 atom stereocenters. The summed E-state index contributed by atoms with van der Waals surface area (Å²) in [6.07, 6.45) is 0. The highest BCUT2D eigenvalue weighted by Crippen LogP contribution is 2.23. The predicted octanol–water partition coefficient (Wildman–Crippen LogP) is 2.44. The molecule has 1 aliphatic rings. The molecule has 0 bridgehead atoms. The summed E-state index contributed by atoms with van der Waals surface area (Å²) >= 11 is 0. The molecule has 1 aliphatic heterocycles. The van der Waals surface area contributed by atoms with E-state index in [0.717, 1.165) is 0 Å². The molecule has 1 saturated heterocycles. The number of carbonyl (C=O) groups is 2. The molecule has 9 heteroatoms. The van der Waals surface area contributed by atoms with Gasteiger partial charge in [-0.15, -0.1) is 0 Å². The van der Waals surface area contributed by atoms with Gasteiger partial charge in [0.1, 0.15) is 0 Å². The Morgan fingerprint density at radius 3 is 2.39 bits per heavy atom. The molecule has 31 heavy (non-hydrogen) atoms. The van der Waals surface area contributed by atoms with E-state index in [1.807, 2.05) is 13.8 Å². The first-order valence-corrected chi connectivity index (χ1v) is 11.7. The first-order valence-electron chi connectivity index (χ1n) is 10.3. The molecule has 0 radical (unpaired) electrons. The Balaban J connectivity index is 1.85. The highest BCUT2D eigenvalue weighted by atomic mass is 32.2. The number of carbonyl (C=O) groups excluding carboxylic acids is 2. The summed E-state index contributed by atoms with van der Waals surface area (Å²) in [4.78, 5) is 27.2. The third kappa shape index (κ3) is 5.12. The topological polar surface area (TPSA) is 96.0 Å². The number of hydrogen-bond donors (Lipinski definition) is 1. The second-order valence-electron chi connectivity index (χ2n) is 7.02. The van der Waals surface area contributed by atoms with Crippen molar-refractivity contribution in [2.45, 2.75) is 18.7 Å². The van der Waals surface area contributed by atoms with Gasteiger partial charge in [-0.2, -0.15) is 4.31 Å². The van der Waals surface area contributed by atoms with Gasteiger partial charge in [-0.3, -0.25) is 9.59 Å². The number of morpholine rings is 1. The monoisotopic (exact) mass is 445 g/mol. The summed E-state index contributed by atoms with van der Waals surface area (Å²) in [6, 6.07) is 12.7. The largest absolute Gasteiger partial charge is 0.379 e. The molecule has 2 amide bonds. The fourth-order valence-electron chi connectivity index (χ4n) is 3.43. The molecular formula is C22H27N3O5S. The lowest BCUT2D eigenvalue weighted by molar-refractivity contribution is 0.0730. The van der Waals surface area contributed by atoms with Gasteiger partial charge in [0.25, 0.3) is 11.8 Å². The average Bonchev–Trinajstić information content (AvgIpc) is 2.80. The fraction of sp³-hybridized carbons (Fsp3) is 0.364. The Morgan fingerprint density at radius 1 is 1.03 bits per heavy atom. The Bertz CT molecular complexity index is 1040. The van der Waals surface area contributed by atoms with Crippen LogP contribution in [0.25, 0.3) is 0 Å². The molecule has 166 valence electrons. The van der Waals surface area contributed by atoms with Crippen molar-refractivity contribution in [1.29, 1.82) is 0 Å². The minimum absolute atomic E-state index is 0.0504. The van der Waals surface area contributed by atoms with Crippen molar-refractivity contribution >= 4 is 27.5 Å². The Morgan fingerprint density at radius 2 is 1.71 bits per heavy atom. The van der Waals surface area contributed by atoms with E-state index in [1.54, 1.807) is 41.3 Å². The molecule has 0 aromatic heterocycles. The van der Waals surface area contributed by atoms with Crippen LogP contribution in [0.2, 0.25) is 0 Å². The van der Waals surface area contributed by atoms with Crippen LogP contribution in [0.1, 0.15) is 34.6 Å². The third-order valence-electron chi connectivity index (χ3n) is 5.14. The van der Waals surface area contributed by atoms with Crippen molar-refractivity contribution in [3.05, 3.63) is 59.7 Å². The molecule has 1 heterocycles. The van der Waals surface area contributed by atoms with Crippen LogP contribution in [0, 0.1) is 0 Å². The number of rotatable bonds is 7. The zero-order valence-corrected chi connectivity index (χ0v) is 18.5. The van der Waals surface area contributed by atoms with Crippen molar-refractivity contribution in [2.75, 3.05) is 44.7 Å². The zero-order valence-electron chi connectivity index (χ0n) is 17.7. The molecule has 1 fully saturated rings. The van der Waals surface area contributed by atoms with Gasteiger partial charge in [-0.05, 0) is 44.2 Å². The predicted molar refractivity (Wildman–Crippen MR) is 118 cm³/mol. The normalized spacial score (nSPS) is 14.8. The van der Waals surface area contributed by atoms with E-state index in [0.29, 0.717) is 37.6 Å². The van der Waals surface area contributed by atoms with E-state index in [9.17, 15) is 18.0 Å². The van der Waals surface area contributed by atoms with E-state index < -0.39 is 15.9 Å². The second-order valence-corrected chi connectivity index (χ2v) is 8.93. The van der Waals surface area contributed by atoms with Crippen LogP contribution in [-0.4, -0.2) is 68.8 Å². The smallest absolute Gasteiger partial charge is 0.257 e. The number of sulfonamides is 1. The average molecular weight is 446 g/mol. The summed E-state index contributed by atoms with van der Waals surface area (Å²) in [7, 11) is -3.84. The molecule has 8 nitrogen and oxygen atoms in total. The minimum Gasteiger partial charge on any atom is -0.379 e. The summed E-state index contributed by atoms with van der Waals surface area (Å²) in [6.45, 7) is 6.10. The molecule has 3 rings (SSSR count). The van der Waals surface area contributed by atoms with E-state index in [4.69, 9.17) is 4.74 Å². The number of nitrogens with one attached hydrogen (secondary N) is 1. The summed E-state index contributed by atoms with van der Waals surface area (Å²) in [5.74, 6) is -0.684. The number of benzene rings is 2.